The first-order valence-electron chi connectivity index (χ1n) is 5.53. The molecule has 0 aliphatic rings. The number of halogens is 1. The maximum atomic E-state index is 12.8. The zero-order valence-electron chi connectivity index (χ0n) is 9.94. The summed E-state index contributed by atoms with van der Waals surface area (Å²) in [6, 6.07) is 9.91. The van der Waals surface area contributed by atoms with E-state index in [2.05, 4.69) is 4.98 Å². The Morgan fingerprint density at radius 3 is 2.29 bits per heavy atom. The highest BCUT2D eigenvalue weighted by Gasteiger charge is 2.12. The van der Waals surface area contributed by atoms with Crippen molar-refractivity contribution in [3.8, 4) is 0 Å². The van der Waals surface area contributed by atoms with E-state index >= 15 is 0 Å². The van der Waals surface area contributed by atoms with Crippen LogP contribution in [0.25, 0.3) is 0 Å². The number of rotatable bonds is 2. The predicted octanol–water partition coefficient (Wildman–Crippen LogP) is 2.89. The number of nitrogens with two attached hydrogens (primary N) is 1. The largest absolute Gasteiger partial charge is 0.320 e. The highest BCUT2D eigenvalue weighted by atomic mass is 19.1. The fourth-order valence-electron chi connectivity index (χ4n) is 1.88. The number of nitrogens with zero attached hydrogens (tertiary/aromatic N) is 1. The summed E-state index contributed by atoms with van der Waals surface area (Å²) in [5, 5.41) is 0. The molecule has 1 aromatic carbocycles. The molecule has 1 aromatic heterocycles. The van der Waals surface area contributed by atoms with E-state index in [0.29, 0.717) is 0 Å². The van der Waals surface area contributed by atoms with Gasteiger partial charge in [0.25, 0.3) is 0 Å². The molecule has 2 N–H and O–H groups in total. The van der Waals surface area contributed by atoms with Crippen LogP contribution >= 0.6 is 0 Å². The first-order valence-corrected chi connectivity index (χ1v) is 5.53. The van der Waals surface area contributed by atoms with Gasteiger partial charge in [-0.1, -0.05) is 18.2 Å². The van der Waals surface area contributed by atoms with E-state index in [9.17, 15) is 4.39 Å². The molecule has 17 heavy (non-hydrogen) atoms. The lowest BCUT2D eigenvalue weighted by molar-refractivity contribution is 0.626. The van der Waals surface area contributed by atoms with Gasteiger partial charge >= 0.3 is 0 Å². The van der Waals surface area contributed by atoms with Gasteiger partial charge in [-0.3, -0.25) is 4.98 Å². The summed E-state index contributed by atoms with van der Waals surface area (Å²) in [6.45, 7) is 3.88. The average molecular weight is 230 g/mol. The third kappa shape index (κ3) is 2.50. The number of hydrogen-bond acceptors (Lipinski definition) is 2. The third-order valence-electron chi connectivity index (χ3n) is 2.83. The smallest absolute Gasteiger partial charge is 0.123 e. The quantitative estimate of drug-likeness (QED) is 0.861. The molecule has 0 saturated carbocycles. The van der Waals surface area contributed by atoms with Crippen molar-refractivity contribution in [1.29, 1.82) is 0 Å². The van der Waals surface area contributed by atoms with Crippen LogP contribution in [0.4, 0.5) is 4.39 Å². The molecule has 1 heterocycles. The summed E-state index contributed by atoms with van der Waals surface area (Å²) in [5.41, 5.74) is 9.91. The fraction of sp³-hybridized carbons (Fsp3) is 0.214. The minimum atomic E-state index is -0.260. The van der Waals surface area contributed by atoms with Crippen LogP contribution in [-0.4, -0.2) is 4.98 Å². The molecular formula is C14H15FN2. The van der Waals surface area contributed by atoms with Crippen LogP contribution in [0.1, 0.15) is 28.6 Å². The molecule has 0 aliphatic heterocycles. The van der Waals surface area contributed by atoms with Gasteiger partial charge in [0, 0.05) is 11.4 Å². The zero-order valence-corrected chi connectivity index (χ0v) is 9.94. The monoisotopic (exact) mass is 230 g/mol. The van der Waals surface area contributed by atoms with E-state index in [-0.39, 0.29) is 11.9 Å². The van der Waals surface area contributed by atoms with E-state index in [4.69, 9.17) is 5.73 Å². The highest BCUT2D eigenvalue weighted by Crippen LogP contribution is 2.22. The number of aromatic nitrogens is 1. The van der Waals surface area contributed by atoms with E-state index in [1.165, 1.54) is 12.1 Å². The lowest BCUT2D eigenvalue weighted by atomic mass is 9.98. The standard InChI is InChI=1S/C14H15FN2/c1-9-3-8-13(10(2)17-9)14(16)11-4-6-12(15)7-5-11/h3-8,14H,16H2,1-2H3. The predicted molar refractivity (Wildman–Crippen MR) is 66.1 cm³/mol. The molecular weight excluding hydrogens is 215 g/mol. The Kier molecular flexibility index (Phi) is 3.20. The fourth-order valence-corrected chi connectivity index (χ4v) is 1.88. The minimum Gasteiger partial charge on any atom is -0.320 e. The third-order valence-corrected chi connectivity index (χ3v) is 2.83. The number of benzene rings is 1. The molecule has 0 saturated heterocycles. The normalized spacial score (nSPS) is 12.5. The van der Waals surface area contributed by atoms with Crippen molar-refractivity contribution >= 4 is 0 Å². The van der Waals surface area contributed by atoms with Gasteiger partial charge in [0.05, 0.1) is 6.04 Å². The van der Waals surface area contributed by atoms with Gasteiger partial charge < -0.3 is 5.73 Å². The number of hydrogen-bond donors (Lipinski definition) is 1. The second kappa shape index (κ2) is 4.63. The molecule has 1 atom stereocenters. The van der Waals surface area contributed by atoms with Gasteiger partial charge in [0.15, 0.2) is 0 Å². The van der Waals surface area contributed by atoms with Crippen LogP contribution < -0.4 is 5.73 Å². The van der Waals surface area contributed by atoms with E-state index in [0.717, 1.165) is 22.5 Å². The lowest BCUT2D eigenvalue weighted by Gasteiger charge is -2.15. The first kappa shape index (κ1) is 11.7. The SMILES string of the molecule is Cc1ccc(C(N)c2ccc(F)cc2)c(C)n1. The van der Waals surface area contributed by atoms with Crippen LogP contribution in [0.3, 0.4) is 0 Å². The van der Waals surface area contributed by atoms with Crippen molar-refractivity contribution in [3.05, 3.63) is 64.7 Å². The summed E-state index contributed by atoms with van der Waals surface area (Å²) in [4.78, 5) is 4.38. The zero-order chi connectivity index (χ0) is 12.4. The molecule has 88 valence electrons. The maximum absolute atomic E-state index is 12.8. The molecule has 0 bridgehead atoms. The molecule has 2 rings (SSSR count). The van der Waals surface area contributed by atoms with Crippen molar-refractivity contribution in [3.63, 3.8) is 0 Å². The van der Waals surface area contributed by atoms with Crippen LogP contribution in [0.5, 0.6) is 0 Å². The maximum Gasteiger partial charge on any atom is 0.123 e. The molecule has 2 nitrogen and oxygen atoms in total. The van der Waals surface area contributed by atoms with E-state index < -0.39 is 0 Å². The molecule has 0 radical (unpaired) electrons. The summed E-state index contributed by atoms with van der Waals surface area (Å²) < 4.78 is 12.8. The van der Waals surface area contributed by atoms with Crippen molar-refractivity contribution in [2.45, 2.75) is 19.9 Å². The molecule has 2 aromatic rings. The average Bonchev–Trinajstić information content (AvgIpc) is 2.29. The Balaban J connectivity index is 2.36. The van der Waals surface area contributed by atoms with Crippen LogP contribution in [-0.2, 0) is 0 Å². The Hall–Kier alpha value is -1.74. The molecule has 1 unspecified atom stereocenters. The minimum absolute atomic E-state index is 0.250. The first-order chi connectivity index (χ1) is 8.08. The van der Waals surface area contributed by atoms with Crippen LogP contribution in [0.2, 0.25) is 0 Å². The van der Waals surface area contributed by atoms with Gasteiger partial charge in [-0.15, -0.1) is 0 Å². The van der Waals surface area contributed by atoms with Gasteiger partial charge in [-0.25, -0.2) is 4.39 Å². The second-order valence-corrected chi connectivity index (χ2v) is 4.16. The van der Waals surface area contributed by atoms with Crippen molar-refractivity contribution < 1.29 is 4.39 Å². The molecule has 0 amide bonds. The molecule has 0 spiro atoms. The van der Waals surface area contributed by atoms with Crippen LogP contribution in [0.15, 0.2) is 36.4 Å². The van der Waals surface area contributed by atoms with Gasteiger partial charge in [-0.05, 0) is 43.2 Å². The topological polar surface area (TPSA) is 38.9 Å². The Morgan fingerprint density at radius 1 is 1.06 bits per heavy atom. The molecule has 3 heteroatoms. The summed E-state index contributed by atoms with van der Waals surface area (Å²) in [5.74, 6) is -0.250. The Labute approximate surface area is 100 Å². The van der Waals surface area contributed by atoms with E-state index in [1.54, 1.807) is 12.1 Å². The Bertz CT molecular complexity index is 520. The van der Waals surface area contributed by atoms with Gasteiger partial charge in [0.1, 0.15) is 5.82 Å². The second-order valence-electron chi connectivity index (χ2n) is 4.16. The van der Waals surface area contributed by atoms with Crippen molar-refractivity contribution in [1.82, 2.24) is 4.98 Å². The Morgan fingerprint density at radius 2 is 1.71 bits per heavy atom. The highest BCUT2D eigenvalue weighted by molar-refractivity contribution is 5.34. The summed E-state index contributed by atoms with van der Waals surface area (Å²) >= 11 is 0. The van der Waals surface area contributed by atoms with Gasteiger partial charge in [-0.2, -0.15) is 0 Å². The van der Waals surface area contributed by atoms with Crippen LogP contribution in [0, 0.1) is 19.7 Å². The summed E-state index contributed by atoms with van der Waals surface area (Å²) in [6.07, 6.45) is 0. The molecule has 0 aliphatic carbocycles. The van der Waals surface area contributed by atoms with Crippen molar-refractivity contribution in [2.24, 2.45) is 5.73 Å². The summed E-state index contributed by atoms with van der Waals surface area (Å²) in [7, 11) is 0. The van der Waals surface area contributed by atoms with E-state index in [1.807, 2.05) is 26.0 Å². The lowest BCUT2D eigenvalue weighted by Crippen LogP contribution is -2.14. The molecule has 0 fully saturated rings. The number of aryl methyl sites for hydroxylation is 2. The van der Waals surface area contributed by atoms with Gasteiger partial charge in [0.2, 0.25) is 0 Å². The van der Waals surface area contributed by atoms with Crippen molar-refractivity contribution in [2.75, 3.05) is 0 Å². The number of pyridine rings is 1.